The molecule has 0 saturated heterocycles. The van der Waals surface area contributed by atoms with Crippen LogP contribution in [-0.2, 0) is 15.0 Å². The van der Waals surface area contributed by atoms with E-state index in [0.717, 1.165) is 11.1 Å². The van der Waals surface area contributed by atoms with Crippen molar-refractivity contribution in [3.8, 4) is 0 Å². The van der Waals surface area contributed by atoms with Crippen LogP contribution in [0.25, 0.3) is 11.4 Å². The molecule has 5 heteroatoms. The molecule has 2 heterocycles. The summed E-state index contributed by atoms with van der Waals surface area (Å²) in [5.74, 6) is -0.550. The normalized spacial score (nSPS) is 16.6. The first kappa shape index (κ1) is 17.6. The molecule has 136 valence electrons. The molecule has 0 unspecified atom stereocenters. The van der Waals surface area contributed by atoms with Gasteiger partial charge < -0.3 is 10.6 Å². The average molecular weight is 379 g/mol. The lowest BCUT2D eigenvalue weighted by Crippen LogP contribution is -2.21. The van der Waals surface area contributed by atoms with E-state index in [1.807, 2.05) is 24.3 Å². The lowest BCUT2D eigenvalue weighted by Gasteiger charge is -2.19. The number of rotatable bonds is 2. The molecule has 0 aliphatic carbocycles. The first-order valence-electron chi connectivity index (χ1n) is 8.74. The van der Waals surface area contributed by atoms with Gasteiger partial charge in [0.25, 0.3) is 11.8 Å². The number of hydrogen-bond donors (Lipinski definition) is 2. The Morgan fingerprint density at radius 2 is 1.11 bits per heavy atom. The van der Waals surface area contributed by atoms with E-state index in [1.54, 1.807) is 24.3 Å². The van der Waals surface area contributed by atoms with Gasteiger partial charge in [-0.2, -0.15) is 0 Å². The fraction of sp³-hybridized carbons (Fsp3) is 0.182. The van der Waals surface area contributed by atoms with Crippen molar-refractivity contribution in [2.45, 2.75) is 26.2 Å². The molecule has 0 bridgehead atoms. The Bertz CT molecular complexity index is 1020. The molecule has 0 atom stereocenters. The number of nitrogens with one attached hydrogen (secondary N) is 2. The van der Waals surface area contributed by atoms with Crippen LogP contribution >= 0.6 is 11.6 Å². The van der Waals surface area contributed by atoms with Crippen molar-refractivity contribution in [2.75, 3.05) is 0 Å². The average Bonchev–Trinajstić information content (AvgIpc) is 3.14. The zero-order valence-corrected chi connectivity index (χ0v) is 16.1. The van der Waals surface area contributed by atoms with Crippen LogP contribution in [0.15, 0.2) is 59.7 Å². The second-order valence-corrected chi connectivity index (χ2v) is 8.18. The number of halogens is 1. The molecule has 0 spiro atoms. The van der Waals surface area contributed by atoms with Gasteiger partial charge in [0.15, 0.2) is 0 Å². The minimum absolute atomic E-state index is 0.0345. The van der Waals surface area contributed by atoms with Gasteiger partial charge in [0.2, 0.25) is 0 Å². The highest BCUT2D eigenvalue weighted by Gasteiger charge is 2.40. The largest absolute Gasteiger partial charge is 0.321 e. The number of carbonyl (C=O) groups excluding carboxylic acids is 2. The summed E-state index contributed by atoms with van der Waals surface area (Å²) < 4.78 is 0. The molecule has 2 aliphatic heterocycles. The number of hydrogen-bond acceptors (Lipinski definition) is 2. The quantitative estimate of drug-likeness (QED) is 0.829. The third-order valence-electron chi connectivity index (χ3n) is 4.85. The smallest absolute Gasteiger partial charge is 0.258 e. The van der Waals surface area contributed by atoms with Crippen LogP contribution in [0.4, 0.5) is 0 Å². The predicted molar refractivity (Wildman–Crippen MR) is 107 cm³/mol. The summed E-state index contributed by atoms with van der Waals surface area (Å²) in [7, 11) is 0. The summed E-state index contributed by atoms with van der Waals surface area (Å²) in [6.07, 6.45) is 0. The third-order valence-corrected chi connectivity index (χ3v) is 5.11. The maximum Gasteiger partial charge on any atom is 0.258 e. The molecule has 0 aromatic heterocycles. The summed E-state index contributed by atoms with van der Waals surface area (Å²) in [6.45, 7) is 6.43. The third kappa shape index (κ3) is 2.96. The number of amides is 2. The summed E-state index contributed by atoms with van der Waals surface area (Å²) in [6, 6.07) is 15.0. The number of carbonyl (C=O) groups is 2. The Balaban J connectivity index is 1.81. The fourth-order valence-corrected chi connectivity index (χ4v) is 3.49. The Morgan fingerprint density at radius 3 is 1.52 bits per heavy atom. The SMILES string of the molecule is CC(C)(C)c1ccc(C2=C3C(=O)NC(c4ccc(Cl)cc4)=C3C(=O)N2)cc1. The summed E-state index contributed by atoms with van der Waals surface area (Å²) in [5.41, 5.74) is 4.64. The highest BCUT2D eigenvalue weighted by atomic mass is 35.5. The molecule has 0 fully saturated rings. The molecule has 2 aromatic rings. The minimum Gasteiger partial charge on any atom is -0.321 e. The van der Waals surface area contributed by atoms with E-state index in [2.05, 4.69) is 31.4 Å². The van der Waals surface area contributed by atoms with E-state index in [0.29, 0.717) is 27.6 Å². The van der Waals surface area contributed by atoms with E-state index >= 15 is 0 Å². The molecule has 2 aromatic carbocycles. The monoisotopic (exact) mass is 378 g/mol. The standard InChI is InChI=1S/C22H19ClN2O2/c1-22(2,3)14-8-4-12(5-9-14)18-16-17(21(27)24-18)19(25-20(16)26)13-6-10-15(23)11-7-13/h4-11H,1-3H3,(H,24,27)(H,25,26). The van der Waals surface area contributed by atoms with Crippen LogP contribution in [-0.4, -0.2) is 11.8 Å². The maximum atomic E-state index is 12.6. The van der Waals surface area contributed by atoms with E-state index in [4.69, 9.17) is 11.6 Å². The molecule has 2 N–H and O–H groups in total. The van der Waals surface area contributed by atoms with Crippen LogP contribution < -0.4 is 10.6 Å². The van der Waals surface area contributed by atoms with E-state index in [-0.39, 0.29) is 17.2 Å². The Hall–Kier alpha value is -2.85. The maximum absolute atomic E-state index is 12.6. The predicted octanol–water partition coefficient (Wildman–Crippen LogP) is 4.02. The first-order chi connectivity index (χ1) is 12.8. The van der Waals surface area contributed by atoms with Crippen molar-refractivity contribution in [3.05, 3.63) is 81.4 Å². The lowest BCUT2D eigenvalue weighted by atomic mass is 9.86. The molecule has 4 rings (SSSR count). The van der Waals surface area contributed by atoms with Gasteiger partial charge in [-0.1, -0.05) is 68.8 Å². The molecule has 2 amide bonds. The second kappa shape index (κ2) is 6.10. The van der Waals surface area contributed by atoms with Gasteiger partial charge in [0.1, 0.15) is 0 Å². The van der Waals surface area contributed by atoms with E-state index in [9.17, 15) is 9.59 Å². The van der Waals surface area contributed by atoms with Crippen molar-refractivity contribution in [2.24, 2.45) is 0 Å². The van der Waals surface area contributed by atoms with Gasteiger partial charge in [-0.25, -0.2) is 0 Å². The fourth-order valence-electron chi connectivity index (χ4n) is 3.37. The van der Waals surface area contributed by atoms with Crippen molar-refractivity contribution in [3.63, 3.8) is 0 Å². The Kier molecular flexibility index (Phi) is 3.97. The van der Waals surface area contributed by atoms with Gasteiger partial charge in [-0.15, -0.1) is 0 Å². The van der Waals surface area contributed by atoms with Gasteiger partial charge in [0.05, 0.1) is 22.5 Å². The number of benzene rings is 2. The van der Waals surface area contributed by atoms with E-state index < -0.39 is 0 Å². The molecule has 27 heavy (non-hydrogen) atoms. The summed E-state index contributed by atoms with van der Waals surface area (Å²) in [4.78, 5) is 25.3. The summed E-state index contributed by atoms with van der Waals surface area (Å²) in [5, 5.41) is 6.30. The Morgan fingerprint density at radius 1 is 0.704 bits per heavy atom. The molecule has 4 nitrogen and oxygen atoms in total. The van der Waals surface area contributed by atoms with Gasteiger partial charge in [-0.3, -0.25) is 9.59 Å². The Labute approximate surface area is 162 Å². The topological polar surface area (TPSA) is 58.2 Å². The molecule has 0 saturated carbocycles. The lowest BCUT2D eigenvalue weighted by molar-refractivity contribution is -0.117. The van der Waals surface area contributed by atoms with Crippen LogP contribution in [0.1, 0.15) is 37.5 Å². The van der Waals surface area contributed by atoms with Crippen LogP contribution in [0.5, 0.6) is 0 Å². The van der Waals surface area contributed by atoms with Gasteiger partial charge in [-0.05, 0) is 34.2 Å². The van der Waals surface area contributed by atoms with Crippen molar-refractivity contribution in [1.29, 1.82) is 0 Å². The second-order valence-electron chi connectivity index (χ2n) is 7.74. The zero-order valence-electron chi connectivity index (χ0n) is 15.3. The van der Waals surface area contributed by atoms with Crippen molar-refractivity contribution in [1.82, 2.24) is 10.6 Å². The highest BCUT2D eigenvalue weighted by Crippen LogP contribution is 2.37. The van der Waals surface area contributed by atoms with Crippen LogP contribution in [0, 0.1) is 0 Å². The molecule has 0 radical (unpaired) electrons. The summed E-state index contributed by atoms with van der Waals surface area (Å²) >= 11 is 5.94. The van der Waals surface area contributed by atoms with Crippen LogP contribution in [0.2, 0.25) is 5.02 Å². The van der Waals surface area contributed by atoms with E-state index in [1.165, 1.54) is 5.56 Å². The van der Waals surface area contributed by atoms with Gasteiger partial charge >= 0.3 is 0 Å². The first-order valence-corrected chi connectivity index (χ1v) is 9.12. The van der Waals surface area contributed by atoms with Crippen molar-refractivity contribution < 1.29 is 9.59 Å². The van der Waals surface area contributed by atoms with Crippen LogP contribution in [0.3, 0.4) is 0 Å². The molecule has 2 aliphatic rings. The highest BCUT2D eigenvalue weighted by molar-refractivity contribution is 6.31. The number of fused-ring (bicyclic) bond motifs is 1. The van der Waals surface area contributed by atoms with Crippen molar-refractivity contribution >= 4 is 34.8 Å². The molecular formula is C22H19ClN2O2. The molecular weight excluding hydrogens is 360 g/mol. The van der Waals surface area contributed by atoms with Gasteiger partial charge in [0, 0.05) is 5.02 Å². The minimum atomic E-state index is -0.275. The zero-order chi connectivity index (χ0) is 19.3.